The Balaban J connectivity index is 1.61. The van der Waals surface area contributed by atoms with Gasteiger partial charge in [0.25, 0.3) is 11.7 Å². The average Bonchev–Trinajstić information content (AvgIpc) is 3.12. The van der Waals surface area contributed by atoms with Gasteiger partial charge in [0, 0.05) is 36.4 Å². The largest absolute Gasteiger partial charge is 0.506 e. The monoisotopic (exact) mass is 469 g/mol. The molecule has 0 bridgehead atoms. The van der Waals surface area contributed by atoms with Crippen LogP contribution in [-0.2, 0) is 12.1 Å². The van der Waals surface area contributed by atoms with Crippen LogP contribution in [-0.4, -0.2) is 51.1 Å². The molecule has 1 aromatic carbocycles. The van der Waals surface area contributed by atoms with E-state index in [2.05, 4.69) is 5.32 Å². The summed E-state index contributed by atoms with van der Waals surface area (Å²) in [6.45, 7) is 4.73. The van der Waals surface area contributed by atoms with E-state index in [1.54, 1.807) is 11.0 Å². The van der Waals surface area contributed by atoms with Crippen molar-refractivity contribution in [2.75, 3.05) is 13.1 Å². The van der Waals surface area contributed by atoms with E-state index in [4.69, 9.17) is 11.6 Å². The van der Waals surface area contributed by atoms with E-state index in [1.165, 1.54) is 28.8 Å². The van der Waals surface area contributed by atoms with Crippen molar-refractivity contribution >= 4 is 23.3 Å². The van der Waals surface area contributed by atoms with Crippen molar-refractivity contribution in [1.82, 2.24) is 14.8 Å². The van der Waals surface area contributed by atoms with Gasteiger partial charge in [-0.15, -0.1) is 0 Å². The van der Waals surface area contributed by atoms with Crippen molar-refractivity contribution in [3.05, 3.63) is 52.3 Å². The van der Waals surface area contributed by atoms with Crippen LogP contribution in [0.5, 0.6) is 5.75 Å². The molecular weight excluding hydrogens is 447 g/mol. The fourth-order valence-corrected chi connectivity index (χ4v) is 5.02. The van der Waals surface area contributed by atoms with E-state index in [9.17, 15) is 27.9 Å². The van der Waals surface area contributed by atoms with Gasteiger partial charge in [-0.05, 0) is 57.0 Å². The second-order valence-corrected chi connectivity index (χ2v) is 9.47. The normalized spacial score (nSPS) is 19.6. The number of likely N-dealkylation sites (tertiary alicyclic amines) is 1. The second kappa shape index (κ2) is 7.52. The Morgan fingerprint density at radius 3 is 2.38 bits per heavy atom. The van der Waals surface area contributed by atoms with Crippen LogP contribution in [0.3, 0.4) is 0 Å². The Labute approximate surface area is 188 Å². The number of carbonyl (C=O) groups excluding carboxylic acids is 2. The Bertz CT molecular complexity index is 1090. The van der Waals surface area contributed by atoms with E-state index < -0.39 is 23.0 Å². The molecule has 2 N–H and O–H groups in total. The number of amides is 1. The smallest absolute Gasteiger partial charge is 0.456 e. The van der Waals surface area contributed by atoms with Crippen LogP contribution in [0.25, 0.3) is 0 Å². The number of Topliss-reactive ketones (excluding diaryl/α,β-unsaturated/α-hetero) is 1. The highest BCUT2D eigenvalue weighted by atomic mass is 35.5. The Morgan fingerprint density at radius 2 is 1.78 bits per heavy atom. The summed E-state index contributed by atoms with van der Waals surface area (Å²) in [5.74, 6) is -2.20. The maximum atomic E-state index is 13.1. The Hall–Kier alpha value is -2.52. The highest BCUT2D eigenvalue weighted by Crippen LogP contribution is 2.41. The van der Waals surface area contributed by atoms with Gasteiger partial charge in [-0.25, -0.2) is 0 Å². The maximum absolute atomic E-state index is 13.1. The first-order chi connectivity index (χ1) is 14.8. The summed E-state index contributed by atoms with van der Waals surface area (Å²) in [7, 11) is 0. The van der Waals surface area contributed by atoms with Gasteiger partial charge in [0.05, 0.1) is 16.3 Å². The lowest BCUT2D eigenvalue weighted by atomic mass is 9.79. The molecule has 2 aliphatic heterocycles. The van der Waals surface area contributed by atoms with Gasteiger partial charge in [-0.2, -0.15) is 13.2 Å². The average molecular weight is 470 g/mol. The molecule has 0 atom stereocenters. The number of nitrogens with zero attached hydrogens (tertiary/aromatic N) is 2. The number of carbonyl (C=O) groups is 2. The van der Waals surface area contributed by atoms with Gasteiger partial charge in [0.2, 0.25) is 0 Å². The molecule has 1 spiro atoms. The number of rotatable bonds is 2. The predicted molar refractivity (Wildman–Crippen MR) is 112 cm³/mol. The highest BCUT2D eigenvalue weighted by molar-refractivity contribution is 6.32. The molecule has 6 nitrogen and oxygen atoms in total. The first-order valence-electron chi connectivity index (χ1n) is 10.2. The summed E-state index contributed by atoms with van der Waals surface area (Å²) in [4.78, 5) is 26.5. The zero-order valence-electron chi connectivity index (χ0n) is 17.6. The highest BCUT2D eigenvalue weighted by Gasteiger charge is 2.49. The Kier molecular flexibility index (Phi) is 5.33. The van der Waals surface area contributed by atoms with Crippen molar-refractivity contribution in [3.63, 3.8) is 0 Å². The molecular formula is C22H23ClF3N3O3. The summed E-state index contributed by atoms with van der Waals surface area (Å²) < 4.78 is 40.8. The minimum Gasteiger partial charge on any atom is -0.506 e. The second-order valence-electron chi connectivity index (χ2n) is 9.07. The summed E-state index contributed by atoms with van der Waals surface area (Å²) in [6, 6.07) is 7.09. The molecule has 1 amide bonds. The molecule has 0 saturated carbocycles. The summed E-state index contributed by atoms with van der Waals surface area (Å²) >= 11 is 5.92. The van der Waals surface area contributed by atoms with Crippen LogP contribution in [0.1, 0.15) is 53.2 Å². The first-order valence-corrected chi connectivity index (χ1v) is 10.6. The molecule has 2 aliphatic rings. The maximum Gasteiger partial charge on any atom is 0.456 e. The molecule has 0 aliphatic carbocycles. The van der Waals surface area contributed by atoms with Gasteiger partial charge in [0.15, 0.2) is 0 Å². The molecule has 1 aromatic heterocycles. The van der Waals surface area contributed by atoms with Crippen LogP contribution in [0.15, 0.2) is 30.3 Å². The third-order valence-corrected chi connectivity index (χ3v) is 6.49. The molecule has 32 heavy (non-hydrogen) atoms. The summed E-state index contributed by atoms with van der Waals surface area (Å²) in [5, 5.41) is 13.2. The molecule has 0 radical (unpaired) electrons. The van der Waals surface area contributed by atoms with Crippen LogP contribution in [0, 0.1) is 0 Å². The number of benzene rings is 1. The summed E-state index contributed by atoms with van der Waals surface area (Å²) in [6.07, 6.45) is -4.01. The van der Waals surface area contributed by atoms with Gasteiger partial charge < -0.3 is 14.6 Å². The van der Waals surface area contributed by atoms with Gasteiger partial charge >= 0.3 is 6.18 Å². The number of phenols is 1. The standard InChI is InChI=1S/C22H23ClF3N3O3/c1-20(2)12-29-15(18(31)22(24,25)26)4-6-17(29)21(27-20)7-9-28(10-8-21)19(32)13-3-5-16(30)14(23)11-13/h3-6,11,27,30H,7-10,12H2,1-2H3. The summed E-state index contributed by atoms with van der Waals surface area (Å²) in [5.41, 5.74) is -0.594. The molecule has 1 saturated heterocycles. The van der Waals surface area contributed by atoms with E-state index in [1.807, 2.05) is 13.8 Å². The van der Waals surface area contributed by atoms with Crippen molar-refractivity contribution in [3.8, 4) is 5.75 Å². The molecule has 4 rings (SSSR count). The zero-order valence-corrected chi connectivity index (χ0v) is 18.3. The van der Waals surface area contributed by atoms with E-state index in [0.717, 1.165) is 0 Å². The van der Waals surface area contributed by atoms with Crippen LogP contribution < -0.4 is 5.32 Å². The number of hydrogen-bond acceptors (Lipinski definition) is 4. The lowest BCUT2D eigenvalue weighted by Gasteiger charge is -2.51. The van der Waals surface area contributed by atoms with Crippen LogP contribution >= 0.6 is 11.6 Å². The topological polar surface area (TPSA) is 74.6 Å². The van der Waals surface area contributed by atoms with E-state index in [0.29, 0.717) is 37.2 Å². The number of piperidine rings is 1. The van der Waals surface area contributed by atoms with Gasteiger partial charge in [-0.1, -0.05) is 11.6 Å². The number of phenolic OH excluding ortho intramolecular Hbond substituents is 1. The van der Waals surface area contributed by atoms with Crippen molar-refractivity contribution in [1.29, 1.82) is 0 Å². The number of fused-ring (bicyclic) bond motifs is 2. The number of aromatic nitrogens is 1. The van der Waals surface area contributed by atoms with Crippen molar-refractivity contribution in [2.45, 2.75) is 50.5 Å². The van der Waals surface area contributed by atoms with E-state index >= 15 is 0 Å². The lowest BCUT2D eigenvalue weighted by molar-refractivity contribution is -0.0892. The predicted octanol–water partition coefficient (Wildman–Crippen LogP) is 4.11. The third kappa shape index (κ3) is 3.88. The van der Waals surface area contributed by atoms with Gasteiger partial charge in [-0.3, -0.25) is 14.9 Å². The minimum absolute atomic E-state index is 0.0831. The number of aromatic hydroxyl groups is 1. The number of hydrogen-bond donors (Lipinski definition) is 2. The quantitative estimate of drug-likeness (QED) is 0.649. The van der Waals surface area contributed by atoms with Crippen LogP contribution in [0.4, 0.5) is 13.2 Å². The number of halogens is 4. The molecule has 172 valence electrons. The number of alkyl halides is 3. The lowest BCUT2D eigenvalue weighted by Crippen LogP contribution is -2.63. The van der Waals surface area contributed by atoms with Crippen LogP contribution in [0.2, 0.25) is 5.02 Å². The van der Waals surface area contributed by atoms with Crippen molar-refractivity contribution < 1.29 is 27.9 Å². The van der Waals surface area contributed by atoms with Gasteiger partial charge in [0.1, 0.15) is 5.75 Å². The SMILES string of the molecule is CC1(C)Cn2c(C(=O)C(F)(F)F)ccc2C2(CCN(C(=O)c3ccc(O)c(Cl)c3)CC2)N1. The fraction of sp³-hybridized carbons (Fsp3) is 0.455. The molecule has 10 heteroatoms. The fourth-order valence-electron chi connectivity index (χ4n) is 4.84. The molecule has 0 unspecified atom stereocenters. The number of ketones is 1. The first kappa shape index (κ1) is 22.7. The zero-order chi connectivity index (χ0) is 23.5. The third-order valence-electron chi connectivity index (χ3n) is 6.19. The molecule has 1 fully saturated rings. The van der Waals surface area contributed by atoms with Crippen molar-refractivity contribution in [2.24, 2.45) is 0 Å². The minimum atomic E-state index is -4.95. The molecule has 2 aromatic rings. The Morgan fingerprint density at radius 1 is 1.12 bits per heavy atom. The van der Waals surface area contributed by atoms with E-state index in [-0.39, 0.29) is 28.9 Å². The molecule has 3 heterocycles. The number of nitrogens with one attached hydrogen (secondary N) is 1.